The van der Waals surface area contributed by atoms with Gasteiger partial charge in [-0.1, -0.05) is 24.3 Å². The number of rotatable bonds is 6. The number of amides is 2. The zero-order valence-corrected chi connectivity index (χ0v) is 14.9. The number of hydrogen-bond acceptors (Lipinski definition) is 4. The number of para-hydroxylation sites is 1. The molecule has 1 saturated heterocycles. The molecule has 0 aromatic heterocycles. The summed E-state index contributed by atoms with van der Waals surface area (Å²) in [5.74, 6) is 0.380. The van der Waals surface area contributed by atoms with Gasteiger partial charge in [0.2, 0.25) is 0 Å². The van der Waals surface area contributed by atoms with E-state index in [0.29, 0.717) is 12.3 Å². The van der Waals surface area contributed by atoms with Crippen molar-refractivity contribution in [3.8, 4) is 5.75 Å². The number of anilines is 1. The summed E-state index contributed by atoms with van der Waals surface area (Å²) in [6.45, 7) is 4.56. The first kappa shape index (κ1) is 17.8. The molecule has 0 aliphatic carbocycles. The Morgan fingerprint density at radius 3 is 2.58 bits per heavy atom. The van der Waals surface area contributed by atoms with Crippen LogP contribution in [0.3, 0.4) is 0 Å². The number of cyclic esters (lactones) is 1. The molecule has 1 aliphatic rings. The van der Waals surface area contributed by atoms with E-state index in [1.54, 1.807) is 17.0 Å². The monoisotopic (exact) mass is 354 g/mol. The SMILES string of the molecule is Cc1cc(C)cc(N2CC(CNC(=O)COc3ccccc3)OC2=O)c1. The van der Waals surface area contributed by atoms with Crippen molar-refractivity contribution in [2.75, 3.05) is 24.6 Å². The average molecular weight is 354 g/mol. The van der Waals surface area contributed by atoms with Gasteiger partial charge in [0, 0.05) is 5.69 Å². The molecule has 2 amide bonds. The van der Waals surface area contributed by atoms with Crippen LogP contribution in [0.1, 0.15) is 11.1 Å². The Hall–Kier alpha value is -3.02. The lowest BCUT2D eigenvalue weighted by Crippen LogP contribution is -2.37. The molecule has 26 heavy (non-hydrogen) atoms. The van der Waals surface area contributed by atoms with Crippen molar-refractivity contribution in [2.45, 2.75) is 20.0 Å². The van der Waals surface area contributed by atoms with Gasteiger partial charge in [0.1, 0.15) is 11.9 Å². The Labute approximate surface area is 152 Å². The van der Waals surface area contributed by atoms with Crippen molar-refractivity contribution in [3.05, 3.63) is 59.7 Å². The Kier molecular flexibility index (Phi) is 5.41. The van der Waals surface area contributed by atoms with Crippen LogP contribution >= 0.6 is 0 Å². The molecule has 1 heterocycles. The standard InChI is InChI=1S/C20H22N2O4/c1-14-8-15(2)10-16(9-14)22-12-18(26-20(22)24)11-21-19(23)13-25-17-6-4-3-5-7-17/h3-10,18H,11-13H2,1-2H3,(H,21,23). The maximum atomic E-state index is 12.1. The number of nitrogens with zero attached hydrogens (tertiary/aromatic N) is 1. The predicted molar refractivity (Wildman–Crippen MR) is 98.5 cm³/mol. The molecule has 2 aromatic rings. The highest BCUT2D eigenvalue weighted by atomic mass is 16.6. The fourth-order valence-corrected chi connectivity index (χ4v) is 2.89. The van der Waals surface area contributed by atoms with Crippen LogP contribution in [-0.4, -0.2) is 37.8 Å². The summed E-state index contributed by atoms with van der Waals surface area (Å²) in [4.78, 5) is 25.6. The van der Waals surface area contributed by atoms with Crippen LogP contribution in [0.2, 0.25) is 0 Å². The van der Waals surface area contributed by atoms with Crippen molar-refractivity contribution >= 4 is 17.7 Å². The lowest BCUT2D eigenvalue weighted by atomic mass is 10.1. The number of carbonyl (C=O) groups is 2. The van der Waals surface area contributed by atoms with Crippen molar-refractivity contribution < 1.29 is 19.1 Å². The molecule has 1 unspecified atom stereocenters. The number of ether oxygens (including phenoxy) is 2. The second-order valence-electron chi connectivity index (χ2n) is 6.37. The van der Waals surface area contributed by atoms with Crippen LogP contribution in [0.25, 0.3) is 0 Å². The first-order valence-corrected chi connectivity index (χ1v) is 8.52. The first-order valence-electron chi connectivity index (χ1n) is 8.52. The summed E-state index contributed by atoms with van der Waals surface area (Å²) >= 11 is 0. The van der Waals surface area contributed by atoms with Crippen LogP contribution in [0.5, 0.6) is 5.75 Å². The topological polar surface area (TPSA) is 67.9 Å². The van der Waals surface area contributed by atoms with E-state index in [1.807, 2.05) is 44.2 Å². The van der Waals surface area contributed by atoms with E-state index >= 15 is 0 Å². The largest absolute Gasteiger partial charge is 0.484 e. The van der Waals surface area contributed by atoms with Gasteiger partial charge in [-0.05, 0) is 49.2 Å². The highest BCUT2D eigenvalue weighted by molar-refractivity contribution is 5.90. The molecule has 2 aromatic carbocycles. The molecule has 6 heteroatoms. The third-order valence-electron chi connectivity index (χ3n) is 4.03. The van der Waals surface area contributed by atoms with E-state index in [-0.39, 0.29) is 25.2 Å². The molecular weight excluding hydrogens is 332 g/mol. The quantitative estimate of drug-likeness (QED) is 0.866. The summed E-state index contributed by atoms with van der Waals surface area (Å²) in [6, 6.07) is 15.1. The Balaban J connectivity index is 1.49. The molecule has 6 nitrogen and oxygen atoms in total. The molecule has 3 rings (SSSR count). The summed E-state index contributed by atoms with van der Waals surface area (Å²) in [5.41, 5.74) is 2.99. The smallest absolute Gasteiger partial charge is 0.414 e. The van der Waals surface area contributed by atoms with Crippen molar-refractivity contribution in [1.82, 2.24) is 5.32 Å². The minimum absolute atomic E-state index is 0.0779. The van der Waals surface area contributed by atoms with Gasteiger partial charge >= 0.3 is 6.09 Å². The fourth-order valence-electron chi connectivity index (χ4n) is 2.89. The van der Waals surface area contributed by atoms with Crippen LogP contribution in [0.4, 0.5) is 10.5 Å². The van der Waals surface area contributed by atoms with Gasteiger partial charge in [-0.3, -0.25) is 9.69 Å². The predicted octanol–water partition coefficient (Wildman–Crippen LogP) is 2.82. The molecule has 1 fully saturated rings. The van der Waals surface area contributed by atoms with Crippen LogP contribution in [0.15, 0.2) is 48.5 Å². The minimum Gasteiger partial charge on any atom is -0.484 e. The van der Waals surface area contributed by atoms with Gasteiger partial charge in [-0.15, -0.1) is 0 Å². The van der Waals surface area contributed by atoms with Crippen LogP contribution in [0, 0.1) is 13.8 Å². The van der Waals surface area contributed by atoms with E-state index in [0.717, 1.165) is 16.8 Å². The molecule has 0 bridgehead atoms. The summed E-state index contributed by atoms with van der Waals surface area (Å²) in [7, 11) is 0. The van der Waals surface area contributed by atoms with Crippen LogP contribution in [-0.2, 0) is 9.53 Å². The molecule has 1 atom stereocenters. The van der Waals surface area contributed by atoms with Crippen molar-refractivity contribution in [2.24, 2.45) is 0 Å². The van der Waals surface area contributed by atoms with Crippen molar-refractivity contribution in [1.29, 1.82) is 0 Å². The molecular formula is C20H22N2O4. The second kappa shape index (κ2) is 7.91. The lowest BCUT2D eigenvalue weighted by molar-refractivity contribution is -0.123. The number of carbonyl (C=O) groups excluding carboxylic acids is 2. The highest BCUT2D eigenvalue weighted by Gasteiger charge is 2.32. The fraction of sp³-hybridized carbons (Fsp3) is 0.300. The van der Waals surface area contributed by atoms with Gasteiger partial charge in [0.15, 0.2) is 6.61 Å². The van der Waals surface area contributed by atoms with Gasteiger partial charge in [-0.25, -0.2) is 4.79 Å². The Bertz CT molecular complexity index is 771. The van der Waals surface area contributed by atoms with E-state index < -0.39 is 6.09 Å². The van der Waals surface area contributed by atoms with E-state index in [9.17, 15) is 9.59 Å². The minimum atomic E-state index is -0.394. The lowest BCUT2D eigenvalue weighted by Gasteiger charge is -2.15. The number of hydrogen-bond donors (Lipinski definition) is 1. The van der Waals surface area contributed by atoms with Crippen molar-refractivity contribution in [3.63, 3.8) is 0 Å². The average Bonchev–Trinajstić information content (AvgIpc) is 2.99. The molecule has 0 radical (unpaired) electrons. The Morgan fingerprint density at radius 1 is 1.19 bits per heavy atom. The van der Waals surface area contributed by atoms with Gasteiger partial charge in [0.05, 0.1) is 13.1 Å². The summed E-state index contributed by atoms with van der Waals surface area (Å²) in [5, 5.41) is 2.74. The molecule has 0 saturated carbocycles. The van der Waals surface area contributed by atoms with Gasteiger partial charge in [0.25, 0.3) is 5.91 Å². The highest BCUT2D eigenvalue weighted by Crippen LogP contribution is 2.24. The number of benzene rings is 2. The van der Waals surface area contributed by atoms with Gasteiger partial charge < -0.3 is 14.8 Å². The molecule has 136 valence electrons. The normalized spacial score (nSPS) is 16.3. The summed E-state index contributed by atoms with van der Waals surface area (Å²) in [6.07, 6.45) is -0.779. The molecule has 1 N–H and O–H groups in total. The van der Waals surface area contributed by atoms with E-state index in [4.69, 9.17) is 9.47 Å². The maximum Gasteiger partial charge on any atom is 0.414 e. The third-order valence-corrected chi connectivity index (χ3v) is 4.03. The zero-order valence-electron chi connectivity index (χ0n) is 14.9. The Morgan fingerprint density at radius 2 is 1.88 bits per heavy atom. The third kappa shape index (κ3) is 4.53. The summed E-state index contributed by atoms with van der Waals surface area (Å²) < 4.78 is 10.7. The zero-order chi connectivity index (χ0) is 18.5. The molecule has 0 spiro atoms. The number of nitrogens with one attached hydrogen (secondary N) is 1. The molecule has 1 aliphatic heterocycles. The first-order chi connectivity index (χ1) is 12.5. The maximum absolute atomic E-state index is 12.1. The number of aryl methyl sites for hydroxylation is 2. The van der Waals surface area contributed by atoms with Crippen LogP contribution < -0.4 is 15.0 Å². The second-order valence-corrected chi connectivity index (χ2v) is 6.37. The van der Waals surface area contributed by atoms with E-state index in [2.05, 4.69) is 11.4 Å². The van der Waals surface area contributed by atoms with E-state index in [1.165, 1.54) is 0 Å². The van der Waals surface area contributed by atoms with Gasteiger partial charge in [-0.2, -0.15) is 0 Å².